The van der Waals surface area contributed by atoms with Gasteiger partial charge in [0.15, 0.2) is 11.4 Å². The van der Waals surface area contributed by atoms with Gasteiger partial charge in [0.25, 0.3) is 5.91 Å². The van der Waals surface area contributed by atoms with Gasteiger partial charge in [-0.05, 0) is 49.1 Å². The number of ketones is 1. The number of benzene rings is 2. The molecule has 2 atom stereocenters. The highest BCUT2D eigenvalue weighted by Gasteiger charge is 2.56. The lowest BCUT2D eigenvalue weighted by Crippen LogP contribution is -2.49. The van der Waals surface area contributed by atoms with E-state index in [-0.39, 0.29) is 5.78 Å². The molecule has 0 radical (unpaired) electrons. The van der Waals surface area contributed by atoms with Crippen LogP contribution in [0.5, 0.6) is 5.75 Å². The minimum absolute atomic E-state index is 0.182. The van der Waals surface area contributed by atoms with Crippen molar-refractivity contribution >= 4 is 17.4 Å². The number of carbonyl (C=O) groups excluding carboxylic acids is 2. The van der Waals surface area contributed by atoms with Gasteiger partial charge in [-0.15, -0.1) is 0 Å². The van der Waals surface area contributed by atoms with Gasteiger partial charge >= 0.3 is 0 Å². The minimum atomic E-state index is -1.81. The first-order chi connectivity index (χ1) is 12.4. The van der Waals surface area contributed by atoms with Crippen molar-refractivity contribution in [3.63, 3.8) is 0 Å². The number of hydrogen-bond acceptors (Lipinski definition) is 4. The standard InChI is InChI=1S/C21H21NO4/c1-12-13-8-10-16(19(23)14(13)9-11-18(12)26-3)21(25)15-6-4-5-7-17(15)22(2)20(21)24/h4-7,9,11,16,25H,8,10H2,1-3H3/t16-,21-/m1/s1. The molecule has 1 heterocycles. The molecular weight excluding hydrogens is 330 g/mol. The fourth-order valence-electron chi connectivity index (χ4n) is 4.42. The van der Waals surface area contributed by atoms with Crippen LogP contribution in [-0.4, -0.2) is 31.0 Å². The van der Waals surface area contributed by atoms with Crippen LogP contribution in [0.3, 0.4) is 0 Å². The van der Waals surface area contributed by atoms with E-state index in [2.05, 4.69) is 0 Å². The van der Waals surface area contributed by atoms with E-state index in [1.165, 1.54) is 4.90 Å². The summed E-state index contributed by atoms with van der Waals surface area (Å²) < 4.78 is 5.35. The summed E-state index contributed by atoms with van der Waals surface area (Å²) in [5, 5.41) is 11.4. The molecule has 0 fully saturated rings. The Morgan fingerprint density at radius 1 is 1.19 bits per heavy atom. The number of methoxy groups -OCH3 is 1. The molecule has 0 aromatic heterocycles. The number of amides is 1. The summed E-state index contributed by atoms with van der Waals surface area (Å²) in [6.45, 7) is 1.93. The highest BCUT2D eigenvalue weighted by atomic mass is 16.5. The first-order valence-electron chi connectivity index (χ1n) is 8.72. The molecule has 134 valence electrons. The summed E-state index contributed by atoms with van der Waals surface area (Å²) >= 11 is 0. The molecule has 0 unspecified atom stereocenters. The molecular formula is C21H21NO4. The molecule has 0 saturated carbocycles. The molecule has 0 saturated heterocycles. The van der Waals surface area contributed by atoms with Crippen molar-refractivity contribution in [3.05, 3.63) is 58.7 Å². The molecule has 4 rings (SSSR count). The summed E-state index contributed by atoms with van der Waals surface area (Å²) in [7, 11) is 3.24. The van der Waals surface area contributed by atoms with E-state index < -0.39 is 17.4 Å². The number of anilines is 1. The van der Waals surface area contributed by atoms with Crippen molar-refractivity contribution < 1.29 is 19.4 Å². The number of aliphatic hydroxyl groups is 1. The van der Waals surface area contributed by atoms with E-state index in [9.17, 15) is 14.7 Å². The Morgan fingerprint density at radius 2 is 1.92 bits per heavy atom. The van der Waals surface area contributed by atoms with Gasteiger partial charge in [-0.25, -0.2) is 0 Å². The first kappa shape index (κ1) is 16.8. The lowest BCUT2D eigenvalue weighted by Gasteiger charge is -2.34. The van der Waals surface area contributed by atoms with Gasteiger partial charge in [-0.2, -0.15) is 0 Å². The van der Waals surface area contributed by atoms with Crippen LogP contribution >= 0.6 is 0 Å². The Labute approximate surface area is 152 Å². The third-order valence-corrected chi connectivity index (χ3v) is 5.84. The molecule has 1 N–H and O–H groups in total. The van der Waals surface area contributed by atoms with Gasteiger partial charge in [0.2, 0.25) is 0 Å². The molecule has 1 aliphatic heterocycles. The third kappa shape index (κ3) is 2.01. The Hall–Kier alpha value is -2.66. The minimum Gasteiger partial charge on any atom is -0.496 e. The summed E-state index contributed by atoms with van der Waals surface area (Å²) in [5.41, 5.74) is 1.82. The lowest BCUT2D eigenvalue weighted by atomic mass is 9.70. The third-order valence-electron chi connectivity index (χ3n) is 5.84. The van der Waals surface area contributed by atoms with Crippen molar-refractivity contribution in [2.75, 3.05) is 19.1 Å². The summed E-state index contributed by atoms with van der Waals surface area (Å²) in [6.07, 6.45) is 1.04. The molecule has 26 heavy (non-hydrogen) atoms. The van der Waals surface area contributed by atoms with Gasteiger partial charge < -0.3 is 14.7 Å². The van der Waals surface area contributed by atoms with Crippen molar-refractivity contribution in [3.8, 4) is 5.75 Å². The number of likely N-dealkylation sites (N-methyl/N-ethyl adjacent to an activating group) is 1. The van der Waals surface area contributed by atoms with Crippen LogP contribution in [0.15, 0.2) is 36.4 Å². The highest BCUT2D eigenvalue weighted by Crippen LogP contribution is 2.48. The van der Waals surface area contributed by atoms with Crippen LogP contribution in [-0.2, 0) is 16.8 Å². The molecule has 2 aromatic rings. The predicted molar refractivity (Wildman–Crippen MR) is 97.6 cm³/mol. The zero-order chi connectivity index (χ0) is 18.6. The van der Waals surface area contributed by atoms with E-state index in [0.29, 0.717) is 29.7 Å². The van der Waals surface area contributed by atoms with Crippen molar-refractivity contribution in [2.24, 2.45) is 5.92 Å². The van der Waals surface area contributed by atoms with Crippen molar-refractivity contribution in [2.45, 2.75) is 25.4 Å². The van der Waals surface area contributed by atoms with E-state index in [1.54, 1.807) is 44.5 Å². The Bertz CT molecular complexity index is 936. The number of ether oxygens (including phenoxy) is 1. The average Bonchev–Trinajstić information content (AvgIpc) is 2.85. The Kier molecular flexibility index (Phi) is 3.66. The topological polar surface area (TPSA) is 66.8 Å². The molecule has 2 aromatic carbocycles. The fourth-order valence-corrected chi connectivity index (χ4v) is 4.42. The van der Waals surface area contributed by atoms with Crippen LogP contribution < -0.4 is 9.64 Å². The summed E-state index contributed by atoms with van der Waals surface area (Å²) in [6, 6.07) is 10.7. The maximum absolute atomic E-state index is 13.3. The quantitative estimate of drug-likeness (QED) is 0.903. The van der Waals surface area contributed by atoms with Crippen LogP contribution in [0, 0.1) is 12.8 Å². The number of rotatable bonds is 2. The van der Waals surface area contributed by atoms with Crippen LogP contribution in [0.4, 0.5) is 5.69 Å². The average molecular weight is 351 g/mol. The maximum atomic E-state index is 13.3. The van der Waals surface area contributed by atoms with Gasteiger partial charge in [-0.3, -0.25) is 9.59 Å². The normalized spacial score (nSPS) is 24.5. The summed E-state index contributed by atoms with van der Waals surface area (Å²) in [5.74, 6) is -0.666. The highest BCUT2D eigenvalue weighted by molar-refractivity contribution is 6.12. The number of carbonyl (C=O) groups is 2. The first-order valence-corrected chi connectivity index (χ1v) is 8.72. The second-order valence-electron chi connectivity index (χ2n) is 7.02. The second kappa shape index (κ2) is 5.68. The van der Waals surface area contributed by atoms with Gasteiger partial charge in [-0.1, -0.05) is 18.2 Å². The SMILES string of the molecule is COc1ccc2c(c1C)CC[C@@H]([C@@]1(O)C(=O)N(C)c3ccccc31)C2=O. The zero-order valence-corrected chi connectivity index (χ0v) is 15.1. The van der Waals surface area contributed by atoms with Crippen LogP contribution in [0.25, 0.3) is 0 Å². The van der Waals surface area contributed by atoms with Crippen molar-refractivity contribution in [1.82, 2.24) is 0 Å². The van der Waals surface area contributed by atoms with E-state index in [1.807, 2.05) is 13.0 Å². The number of nitrogens with zero attached hydrogens (tertiary/aromatic N) is 1. The molecule has 0 spiro atoms. The molecule has 5 nitrogen and oxygen atoms in total. The van der Waals surface area contributed by atoms with Gasteiger partial charge in [0.1, 0.15) is 5.75 Å². The Morgan fingerprint density at radius 3 is 2.65 bits per heavy atom. The largest absolute Gasteiger partial charge is 0.496 e. The van der Waals surface area contributed by atoms with Crippen LogP contribution in [0.2, 0.25) is 0 Å². The van der Waals surface area contributed by atoms with Gasteiger partial charge in [0.05, 0.1) is 18.7 Å². The molecule has 0 bridgehead atoms. The van der Waals surface area contributed by atoms with Crippen molar-refractivity contribution in [1.29, 1.82) is 0 Å². The number of hydrogen-bond donors (Lipinski definition) is 1. The fraction of sp³-hybridized carbons (Fsp3) is 0.333. The lowest BCUT2D eigenvalue weighted by molar-refractivity contribution is -0.140. The van der Waals surface area contributed by atoms with E-state index in [0.717, 1.165) is 16.9 Å². The molecule has 1 amide bonds. The molecule has 5 heteroatoms. The number of para-hydroxylation sites is 1. The maximum Gasteiger partial charge on any atom is 0.264 e. The van der Waals surface area contributed by atoms with E-state index in [4.69, 9.17) is 4.74 Å². The number of fused-ring (bicyclic) bond motifs is 2. The second-order valence-corrected chi connectivity index (χ2v) is 7.02. The zero-order valence-electron chi connectivity index (χ0n) is 15.1. The summed E-state index contributed by atoms with van der Waals surface area (Å²) in [4.78, 5) is 27.6. The molecule has 2 aliphatic rings. The van der Waals surface area contributed by atoms with E-state index >= 15 is 0 Å². The van der Waals surface area contributed by atoms with Gasteiger partial charge in [0, 0.05) is 18.2 Å². The predicted octanol–water partition coefficient (Wildman–Crippen LogP) is 2.61. The van der Waals surface area contributed by atoms with Crippen LogP contribution in [0.1, 0.15) is 33.5 Å². The number of Topliss-reactive ketones (excluding diaryl/α,β-unsaturated/α-hetero) is 1. The Balaban J connectivity index is 1.82. The molecule has 1 aliphatic carbocycles. The smallest absolute Gasteiger partial charge is 0.264 e. The monoisotopic (exact) mass is 351 g/mol.